The molecule has 0 saturated heterocycles. The monoisotopic (exact) mass is 592 g/mol. The van der Waals surface area contributed by atoms with Gasteiger partial charge in [-0.15, -0.1) is 0 Å². The van der Waals surface area contributed by atoms with Gasteiger partial charge in [-0.2, -0.15) is 0 Å². The molecule has 0 bridgehead atoms. The van der Waals surface area contributed by atoms with Crippen molar-refractivity contribution in [1.29, 1.82) is 0 Å². The summed E-state index contributed by atoms with van der Waals surface area (Å²) in [4.78, 5) is 7.13. The number of rotatable bonds is 5. The number of aryl methyl sites for hydroxylation is 1. The molecule has 2 heterocycles. The van der Waals surface area contributed by atoms with Crippen molar-refractivity contribution < 1.29 is 8.83 Å². The number of fused-ring (bicyclic) bond motifs is 6. The molecule has 0 N–H and O–H groups in total. The van der Waals surface area contributed by atoms with E-state index in [1.54, 1.807) is 0 Å². The zero-order valence-corrected chi connectivity index (χ0v) is 25.1. The average Bonchev–Trinajstić information content (AvgIpc) is 3.71. The summed E-state index contributed by atoms with van der Waals surface area (Å²) in [6.07, 6.45) is 0. The first-order valence-electron chi connectivity index (χ1n) is 15.5. The Morgan fingerprint density at radius 1 is 0.478 bits per heavy atom. The van der Waals surface area contributed by atoms with Crippen molar-refractivity contribution >= 4 is 60.9 Å². The maximum atomic E-state index is 6.44. The topological polar surface area (TPSA) is 42.4 Å². The van der Waals surface area contributed by atoms with Crippen LogP contribution in [0.15, 0.2) is 160 Å². The third kappa shape index (κ3) is 4.42. The first-order valence-corrected chi connectivity index (χ1v) is 15.5. The third-order valence-corrected chi connectivity index (χ3v) is 8.73. The van der Waals surface area contributed by atoms with E-state index in [1.165, 1.54) is 16.7 Å². The maximum absolute atomic E-state index is 6.44. The second-order valence-electron chi connectivity index (χ2n) is 11.7. The lowest BCUT2D eigenvalue weighted by molar-refractivity contribution is 0.623. The minimum atomic E-state index is 0.620. The highest BCUT2D eigenvalue weighted by atomic mass is 16.3. The number of hydrogen-bond donors (Lipinski definition) is 0. The van der Waals surface area contributed by atoms with E-state index in [-0.39, 0.29) is 0 Å². The Bertz CT molecular complexity index is 2540. The molecule has 0 radical (unpaired) electrons. The van der Waals surface area contributed by atoms with Gasteiger partial charge in [0, 0.05) is 38.8 Å². The summed E-state index contributed by atoms with van der Waals surface area (Å²) in [5.74, 6) is 0.620. The number of hydrogen-bond acceptors (Lipinski definition) is 4. The van der Waals surface area contributed by atoms with Crippen molar-refractivity contribution in [3.63, 3.8) is 0 Å². The lowest BCUT2D eigenvalue weighted by Gasteiger charge is -2.26. The second-order valence-corrected chi connectivity index (χ2v) is 11.7. The number of furan rings is 1. The van der Waals surface area contributed by atoms with Crippen LogP contribution >= 0.6 is 0 Å². The van der Waals surface area contributed by atoms with Crippen molar-refractivity contribution in [2.45, 2.75) is 6.92 Å². The van der Waals surface area contributed by atoms with Crippen LogP contribution in [0.1, 0.15) is 5.56 Å². The maximum Gasteiger partial charge on any atom is 0.227 e. The fourth-order valence-electron chi connectivity index (χ4n) is 6.46. The van der Waals surface area contributed by atoms with Crippen LogP contribution < -0.4 is 4.90 Å². The molecule has 4 nitrogen and oxygen atoms in total. The normalized spacial score (nSPS) is 11.6. The van der Waals surface area contributed by atoms with Crippen LogP contribution in [0.3, 0.4) is 0 Å². The molecule has 2 aromatic heterocycles. The summed E-state index contributed by atoms with van der Waals surface area (Å²) in [6, 6.07) is 52.8. The minimum absolute atomic E-state index is 0.620. The molecule has 0 atom stereocenters. The van der Waals surface area contributed by atoms with Crippen LogP contribution in [0.2, 0.25) is 0 Å². The van der Waals surface area contributed by atoms with Gasteiger partial charge in [0.15, 0.2) is 5.58 Å². The molecule has 9 rings (SSSR count). The Labute approximate surface area is 265 Å². The van der Waals surface area contributed by atoms with Gasteiger partial charge in [0.1, 0.15) is 16.7 Å². The van der Waals surface area contributed by atoms with E-state index in [0.717, 1.165) is 66.4 Å². The Morgan fingerprint density at radius 3 is 2.02 bits per heavy atom. The van der Waals surface area contributed by atoms with Crippen LogP contribution in [-0.4, -0.2) is 4.98 Å². The standard InChI is InChI=1S/C42H28N2O2/c1-27-8-7-11-31(24-27)28-14-18-32(19-15-28)44(34-21-23-40-37(26-34)35-12-5-6-13-39(35)45-40)33-20-16-29-17-22-38-41(36(29)25-33)46-42(43-38)30-9-3-2-4-10-30/h2-26H,1H3. The van der Waals surface area contributed by atoms with Crippen LogP contribution in [-0.2, 0) is 0 Å². The van der Waals surface area contributed by atoms with Gasteiger partial charge < -0.3 is 13.7 Å². The fraction of sp³-hybridized carbons (Fsp3) is 0.0238. The lowest BCUT2D eigenvalue weighted by Crippen LogP contribution is -2.09. The molecule has 0 aliphatic carbocycles. The molecule has 46 heavy (non-hydrogen) atoms. The number of aromatic nitrogens is 1. The van der Waals surface area contributed by atoms with Crippen LogP contribution in [0.4, 0.5) is 17.1 Å². The number of nitrogens with zero attached hydrogens (tertiary/aromatic N) is 2. The first-order chi connectivity index (χ1) is 22.7. The Kier molecular flexibility index (Phi) is 6.00. The molecule has 0 unspecified atom stereocenters. The molecular weight excluding hydrogens is 564 g/mol. The highest BCUT2D eigenvalue weighted by molar-refractivity contribution is 6.08. The van der Waals surface area contributed by atoms with E-state index >= 15 is 0 Å². The van der Waals surface area contributed by atoms with Gasteiger partial charge in [0.25, 0.3) is 0 Å². The Balaban J connectivity index is 1.23. The molecule has 7 aromatic carbocycles. The van der Waals surface area contributed by atoms with Gasteiger partial charge in [0.05, 0.1) is 0 Å². The molecule has 0 amide bonds. The summed E-state index contributed by atoms with van der Waals surface area (Å²) in [5, 5.41) is 4.30. The number of oxazole rings is 1. The number of anilines is 3. The molecule has 0 fully saturated rings. The van der Waals surface area contributed by atoms with Crippen molar-refractivity contribution in [2.75, 3.05) is 4.90 Å². The largest absolute Gasteiger partial charge is 0.456 e. The van der Waals surface area contributed by atoms with E-state index < -0.39 is 0 Å². The SMILES string of the molecule is Cc1cccc(-c2ccc(N(c3ccc4oc5ccccc5c4c3)c3ccc4ccc5nc(-c6ccccc6)oc5c4c3)cc2)c1. The molecular formula is C42H28N2O2. The molecule has 0 aliphatic rings. The predicted molar refractivity (Wildman–Crippen MR) is 189 cm³/mol. The predicted octanol–water partition coefficient (Wildman–Crippen LogP) is 12.0. The molecule has 218 valence electrons. The van der Waals surface area contributed by atoms with Gasteiger partial charge in [-0.05, 0) is 90.2 Å². The van der Waals surface area contributed by atoms with Gasteiger partial charge in [-0.25, -0.2) is 4.98 Å². The van der Waals surface area contributed by atoms with Crippen molar-refractivity contribution in [3.8, 4) is 22.6 Å². The molecule has 9 aromatic rings. The summed E-state index contributed by atoms with van der Waals surface area (Å²) in [7, 11) is 0. The van der Waals surface area contributed by atoms with E-state index in [1.807, 2.05) is 48.5 Å². The van der Waals surface area contributed by atoms with Crippen LogP contribution in [0.25, 0.3) is 66.4 Å². The average molecular weight is 593 g/mol. The number of benzene rings is 7. The van der Waals surface area contributed by atoms with E-state index in [0.29, 0.717) is 5.89 Å². The van der Waals surface area contributed by atoms with E-state index in [2.05, 4.69) is 115 Å². The van der Waals surface area contributed by atoms with Crippen molar-refractivity contribution in [1.82, 2.24) is 4.98 Å². The molecule has 0 saturated carbocycles. The quantitative estimate of drug-likeness (QED) is 0.199. The van der Waals surface area contributed by atoms with Crippen molar-refractivity contribution in [2.24, 2.45) is 0 Å². The first kappa shape index (κ1) is 26.3. The second kappa shape index (κ2) is 10.5. The zero-order valence-electron chi connectivity index (χ0n) is 25.1. The van der Waals surface area contributed by atoms with Gasteiger partial charge in [0.2, 0.25) is 5.89 Å². The van der Waals surface area contributed by atoms with Gasteiger partial charge in [-0.1, -0.05) is 90.5 Å². The molecule has 0 aliphatic heterocycles. The van der Waals surface area contributed by atoms with Gasteiger partial charge in [-0.3, -0.25) is 0 Å². The van der Waals surface area contributed by atoms with E-state index in [9.17, 15) is 0 Å². The Morgan fingerprint density at radius 2 is 1.17 bits per heavy atom. The summed E-state index contributed by atoms with van der Waals surface area (Å²) >= 11 is 0. The van der Waals surface area contributed by atoms with E-state index in [4.69, 9.17) is 13.8 Å². The zero-order chi connectivity index (χ0) is 30.6. The minimum Gasteiger partial charge on any atom is -0.456 e. The molecule has 0 spiro atoms. The Hall–Kier alpha value is -6.13. The van der Waals surface area contributed by atoms with Crippen molar-refractivity contribution in [3.05, 3.63) is 157 Å². The highest BCUT2D eigenvalue weighted by Gasteiger charge is 2.18. The van der Waals surface area contributed by atoms with Crippen LogP contribution in [0.5, 0.6) is 0 Å². The summed E-state index contributed by atoms with van der Waals surface area (Å²) in [5.41, 5.74) is 11.1. The summed E-state index contributed by atoms with van der Waals surface area (Å²) in [6.45, 7) is 2.13. The lowest BCUT2D eigenvalue weighted by atomic mass is 10.0. The molecule has 4 heteroatoms. The highest BCUT2D eigenvalue weighted by Crippen LogP contribution is 2.41. The van der Waals surface area contributed by atoms with Crippen LogP contribution in [0, 0.1) is 6.92 Å². The number of para-hydroxylation sites is 1. The van der Waals surface area contributed by atoms with Gasteiger partial charge >= 0.3 is 0 Å². The third-order valence-electron chi connectivity index (χ3n) is 8.73. The smallest absolute Gasteiger partial charge is 0.227 e. The summed E-state index contributed by atoms with van der Waals surface area (Å²) < 4.78 is 12.6. The fourth-order valence-corrected chi connectivity index (χ4v) is 6.46.